The first kappa shape index (κ1) is 26.5. The summed E-state index contributed by atoms with van der Waals surface area (Å²) in [5.41, 5.74) is 11.3. The average molecular weight is 496 g/mol. The zero-order valence-electron chi connectivity index (χ0n) is 20.1. The number of amides is 2. The van der Waals surface area contributed by atoms with Crippen LogP contribution in [0.25, 0.3) is 0 Å². The minimum atomic E-state index is -1.13. The maximum Gasteiger partial charge on any atom is 0.410 e. The molecule has 0 saturated carbocycles. The standard InChI is InChI=1S/C26H33N5O5/c27-24(28)29-15-7-12-21(22(32)33)30-23(34)26(20-10-5-2-6-11-20)13-16-31(17-14-26)25(35)36-18-19-8-3-1-4-9-19/h1-6,8-11,21H,7,12-18H2,(H,30,34)(H,32,33)(H4,27,28,29). The van der Waals surface area contributed by atoms with Crippen LogP contribution >= 0.6 is 0 Å². The summed E-state index contributed by atoms with van der Waals surface area (Å²) in [5, 5.41) is 12.4. The molecule has 1 fully saturated rings. The topological polar surface area (TPSA) is 160 Å². The number of carbonyl (C=O) groups is 3. The molecule has 10 heteroatoms. The fourth-order valence-corrected chi connectivity index (χ4v) is 4.34. The maximum absolute atomic E-state index is 13.6. The van der Waals surface area contributed by atoms with Gasteiger partial charge in [0.25, 0.3) is 0 Å². The van der Waals surface area contributed by atoms with Crippen molar-refractivity contribution in [1.29, 1.82) is 0 Å². The van der Waals surface area contributed by atoms with Crippen molar-refractivity contribution in [2.75, 3.05) is 19.6 Å². The highest BCUT2D eigenvalue weighted by Crippen LogP contribution is 2.36. The van der Waals surface area contributed by atoms with Gasteiger partial charge in [0.2, 0.25) is 5.91 Å². The van der Waals surface area contributed by atoms with Gasteiger partial charge in [-0.15, -0.1) is 0 Å². The zero-order chi connectivity index (χ0) is 26.0. The SMILES string of the molecule is NC(N)=NCCCC(NC(=O)C1(c2ccccc2)CCN(C(=O)OCc2ccccc2)CC1)C(=O)O. The molecule has 1 aliphatic heterocycles. The van der Waals surface area contributed by atoms with Crippen LogP contribution in [0.4, 0.5) is 4.79 Å². The van der Waals surface area contributed by atoms with E-state index in [1.54, 1.807) is 4.90 Å². The molecule has 1 unspecified atom stereocenters. The summed E-state index contributed by atoms with van der Waals surface area (Å²) in [7, 11) is 0. The molecule has 0 aromatic heterocycles. The van der Waals surface area contributed by atoms with Crippen LogP contribution in [0.2, 0.25) is 0 Å². The number of carboxylic acid groups (broad SMARTS) is 1. The lowest BCUT2D eigenvalue weighted by atomic mass is 9.72. The van der Waals surface area contributed by atoms with Gasteiger partial charge in [-0.1, -0.05) is 60.7 Å². The number of carboxylic acids is 1. The summed E-state index contributed by atoms with van der Waals surface area (Å²) in [6, 6.07) is 17.6. The van der Waals surface area contributed by atoms with E-state index in [2.05, 4.69) is 10.3 Å². The van der Waals surface area contributed by atoms with Gasteiger partial charge in [-0.3, -0.25) is 9.79 Å². The number of ether oxygens (including phenoxy) is 1. The molecule has 0 radical (unpaired) electrons. The van der Waals surface area contributed by atoms with Gasteiger partial charge < -0.3 is 31.5 Å². The Balaban J connectivity index is 1.68. The number of likely N-dealkylation sites (tertiary alicyclic amines) is 1. The molecule has 192 valence electrons. The lowest BCUT2D eigenvalue weighted by Gasteiger charge is -2.41. The first-order valence-electron chi connectivity index (χ1n) is 11.9. The highest BCUT2D eigenvalue weighted by molar-refractivity contribution is 5.92. The van der Waals surface area contributed by atoms with E-state index < -0.39 is 23.5 Å². The van der Waals surface area contributed by atoms with E-state index in [0.29, 0.717) is 32.4 Å². The number of nitrogens with zero attached hydrogens (tertiary/aromatic N) is 2. The first-order valence-corrected chi connectivity index (χ1v) is 11.9. The molecular weight excluding hydrogens is 462 g/mol. The Labute approximate surface area is 210 Å². The minimum Gasteiger partial charge on any atom is -0.480 e. The first-order chi connectivity index (χ1) is 17.3. The summed E-state index contributed by atoms with van der Waals surface area (Å²) in [4.78, 5) is 43.5. The number of aliphatic carboxylic acids is 1. The molecule has 6 N–H and O–H groups in total. The molecule has 2 amide bonds. The number of aliphatic imine (C=N–C) groups is 1. The summed E-state index contributed by atoms with van der Waals surface area (Å²) < 4.78 is 5.45. The van der Waals surface area contributed by atoms with Crippen LogP contribution in [0.3, 0.4) is 0 Å². The van der Waals surface area contributed by atoms with Gasteiger partial charge in [0.05, 0.1) is 5.41 Å². The van der Waals surface area contributed by atoms with E-state index in [0.717, 1.165) is 11.1 Å². The van der Waals surface area contributed by atoms with E-state index in [1.165, 1.54) is 0 Å². The normalized spacial score (nSPS) is 15.4. The van der Waals surface area contributed by atoms with Gasteiger partial charge in [0.15, 0.2) is 5.96 Å². The third-order valence-electron chi connectivity index (χ3n) is 6.39. The number of hydrogen-bond donors (Lipinski definition) is 4. The molecule has 0 bridgehead atoms. The maximum atomic E-state index is 13.6. The van der Waals surface area contributed by atoms with Crippen LogP contribution in [-0.2, 0) is 26.3 Å². The van der Waals surface area contributed by atoms with Crippen LogP contribution in [0.15, 0.2) is 65.7 Å². The molecule has 1 atom stereocenters. The van der Waals surface area contributed by atoms with Crippen molar-refractivity contribution in [3.05, 3.63) is 71.8 Å². The number of guanidine groups is 1. The van der Waals surface area contributed by atoms with E-state index in [1.807, 2.05) is 60.7 Å². The van der Waals surface area contributed by atoms with Gasteiger partial charge in [-0.2, -0.15) is 0 Å². The predicted molar refractivity (Wildman–Crippen MR) is 135 cm³/mol. The number of nitrogens with one attached hydrogen (secondary N) is 1. The number of hydrogen-bond acceptors (Lipinski definition) is 5. The van der Waals surface area contributed by atoms with Crippen LogP contribution in [0.1, 0.15) is 36.8 Å². The van der Waals surface area contributed by atoms with Crippen LogP contribution < -0.4 is 16.8 Å². The third kappa shape index (κ3) is 6.97. The van der Waals surface area contributed by atoms with Crippen molar-refractivity contribution >= 4 is 23.9 Å². The monoisotopic (exact) mass is 495 g/mol. The predicted octanol–water partition coefficient (Wildman–Crippen LogP) is 1.98. The zero-order valence-corrected chi connectivity index (χ0v) is 20.1. The van der Waals surface area contributed by atoms with Crippen LogP contribution in [0, 0.1) is 0 Å². The molecule has 3 rings (SSSR count). The van der Waals surface area contributed by atoms with Crippen LogP contribution in [-0.4, -0.2) is 59.6 Å². The quantitative estimate of drug-likeness (QED) is 0.223. The highest BCUT2D eigenvalue weighted by Gasteiger charge is 2.45. The van der Waals surface area contributed by atoms with Crippen molar-refractivity contribution in [2.24, 2.45) is 16.5 Å². The fraction of sp³-hybridized carbons (Fsp3) is 0.385. The van der Waals surface area contributed by atoms with Gasteiger partial charge in [0.1, 0.15) is 12.6 Å². The van der Waals surface area contributed by atoms with Crippen molar-refractivity contribution in [1.82, 2.24) is 10.2 Å². The van der Waals surface area contributed by atoms with Crippen molar-refractivity contribution < 1.29 is 24.2 Å². The largest absolute Gasteiger partial charge is 0.480 e. The Morgan fingerprint density at radius 2 is 1.64 bits per heavy atom. The molecule has 36 heavy (non-hydrogen) atoms. The molecule has 1 aliphatic rings. The van der Waals surface area contributed by atoms with Crippen molar-refractivity contribution in [3.63, 3.8) is 0 Å². The molecule has 2 aromatic carbocycles. The fourth-order valence-electron chi connectivity index (χ4n) is 4.34. The number of nitrogens with two attached hydrogens (primary N) is 2. The molecule has 0 spiro atoms. The lowest BCUT2D eigenvalue weighted by molar-refractivity contribution is -0.143. The molecule has 1 saturated heterocycles. The number of piperidine rings is 1. The Bertz CT molecular complexity index is 1050. The van der Waals surface area contributed by atoms with Gasteiger partial charge >= 0.3 is 12.1 Å². The van der Waals surface area contributed by atoms with Gasteiger partial charge in [0, 0.05) is 19.6 Å². The lowest BCUT2D eigenvalue weighted by Crippen LogP contribution is -2.55. The second kappa shape index (κ2) is 12.6. The summed E-state index contributed by atoms with van der Waals surface area (Å²) in [5.74, 6) is -1.57. The van der Waals surface area contributed by atoms with Gasteiger partial charge in [-0.25, -0.2) is 9.59 Å². The van der Waals surface area contributed by atoms with E-state index in [9.17, 15) is 19.5 Å². The van der Waals surface area contributed by atoms with E-state index in [4.69, 9.17) is 16.2 Å². The van der Waals surface area contributed by atoms with Gasteiger partial charge in [-0.05, 0) is 36.8 Å². The van der Waals surface area contributed by atoms with Crippen molar-refractivity contribution in [2.45, 2.75) is 43.7 Å². The van der Waals surface area contributed by atoms with Crippen LogP contribution in [0.5, 0.6) is 0 Å². The van der Waals surface area contributed by atoms with Crippen molar-refractivity contribution in [3.8, 4) is 0 Å². The second-order valence-corrected chi connectivity index (χ2v) is 8.79. The summed E-state index contributed by atoms with van der Waals surface area (Å²) in [6.45, 7) is 1.04. The van der Waals surface area contributed by atoms with E-state index in [-0.39, 0.29) is 31.4 Å². The molecule has 2 aromatic rings. The Hall–Kier alpha value is -4.08. The minimum absolute atomic E-state index is 0.0667. The Morgan fingerprint density at radius 1 is 1.03 bits per heavy atom. The Kier molecular flexibility index (Phi) is 9.26. The summed E-state index contributed by atoms with van der Waals surface area (Å²) >= 11 is 0. The highest BCUT2D eigenvalue weighted by atomic mass is 16.6. The Morgan fingerprint density at radius 3 is 2.22 bits per heavy atom. The van der Waals surface area contributed by atoms with E-state index >= 15 is 0 Å². The smallest absolute Gasteiger partial charge is 0.410 e. The molecule has 1 heterocycles. The average Bonchev–Trinajstić information content (AvgIpc) is 2.89. The number of benzene rings is 2. The molecule has 0 aliphatic carbocycles. The summed E-state index contributed by atoms with van der Waals surface area (Å²) in [6.07, 6.45) is 0.812. The number of rotatable bonds is 10. The number of carbonyl (C=O) groups excluding carboxylic acids is 2. The molecule has 10 nitrogen and oxygen atoms in total. The molecular formula is C26H33N5O5. The second-order valence-electron chi connectivity index (χ2n) is 8.79. The third-order valence-corrected chi connectivity index (χ3v) is 6.39.